The summed E-state index contributed by atoms with van der Waals surface area (Å²) in [5.41, 5.74) is 2.60. The number of allylic oxidation sites excluding steroid dienone is 2. The van der Waals surface area contributed by atoms with Gasteiger partial charge < -0.3 is 14.3 Å². The largest absolute Gasteiger partial charge is 0.493 e. The predicted molar refractivity (Wildman–Crippen MR) is 113 cm³/mol. The molecule has 0 saturated heterocycles. The lowest BCUT2D eigenvalue weighted by Crippen LogP contribution is -2.44. The molecule has 2 aromatic rings. The number of aliphatic carboxylic acids is 1. The highest BCUT2D eigenvalue weighted by atomic mass is 16.5. The van der Waals surface area contributed by atoms with Gasteiger partial charge >= 0.3 is 11.6 Å². The highest BCUT2D eigenvalue weighted by Gasteiger charge is 2.45. The lowest BCUT2D eigenvalue weighted by molar-refractivity contribution is -0.137. The third-order valence-corrected chi connectivity index (χ3v) is 6.62. The molecule has 3 rings (SSSR count). The Kier molecular flexibility index (Phi) is 6.15. The highest BCUT2D eigenvalue weighted by Crippen LogP contribution is 2.51. The van der Waals surface area contributed by atoms with Crippen molar-refractivity contribution in [1.82, 2.24) is 0 Å². The lowest BCUT2D eigenvalue weighted by atomic mass is 9.58. The summed E-state index contributed by atoms with van der Waals surface area (Å²) in [6.45, 7) is 9.17. The van der Waals surface area contributed by atoms with Crippen LogP contribution in [0.25, 0.3) is 11.0 Å². The van der Waals surface area contributed by atoms with Crippen molar-refractivity contribution in [1.29, 1.82) is 0 Å². The van der Waals surface area contributed by atoms with Crippen LogP contribution in [0.4, 0.5) is 0 Å². The van der Waals surface area contributed by atoms with E-state index in [0.717, 1.165) is 18.2 Å². The van der Waals surface area contributed by atoms with E-state index < -0.39 is 5.97 Å². The SMILES string of the molecule is CC(C)=C1CC[C@H](C)[C@](C)(COc2ccc3ccc(=O)oc3c2)[C@@H]1CCC(=O)O. The molecule has 0 amide bonds. The fraction of sp³-hybridized carbons (Fsp3) is 0.500. The van der Waals surface area contributed by atoms with E-state index in [1.54, 1.807) is 12.1 Å². The van der Waals surface area contributed by atoms with Crippen molar-refractivity contribution in [2.24, 2.45) is 17.3 Å². The quantitative estimate of drug-likeness (QED) is 0.519. The van der Waals surface area contributed by atoms with Gasteiger partial charge in [0.05, 0.1) is 6.61 Å². The molecule has 1 aliphatic carbocycles. The summed E-state index contributed by atoms with van der Waals surface area (Å²) in [4.78, 5) is 22.8. The number of hydrogen-bond donors (Lipinski definition) is 1. The van der Waals surface area contributed by atoms with Gasteiger partial charge in [0.25, 0.3) is 0 Å². The molecule has 29 heavy (non-hydrogen) atoms. The maximum absolute atomic E-state index is 11.5. The Morgan fingerprint density at radius 2 is 2.00 bits per heavy atom. The Morgan fingerprint density at radius 1 is 1.28 bits per heavy atom. The smallest absolute Gasteiger partial charge is 0.336 e. The molecule has 5 heteroatoms. The first-order valence-electron chi connectivity index (χ1n) is 10.3. The van der Waals surface area contributed by atoms with Gasteiger partial charge in [-0.1, -0.05) is 25.0 Å². The van der Waals surface area contributed by atoms with Gasteiger partial charge in [-0.25, -0.2) is 4.79 Å². The topological polar surface area (TPSA) is 76.7 Å². The summed E-state index contributed by atoms with van der Waals surface area (Å²) in [7, 11) is 0. The first-order chi connectivity index (χ1) is 13.7. The van der Waals surface area contributed by atoms with Crippen LogP contribution in [0.15, 0.2) is 50.7 Å². The minimum Gasteiger partial charge on any atom is -0.493 e. The molecule has 1 saturated carbocycles. The normalized spacial score (nSPS) is 24.5. The minimum absolute atomic E-state index is 0.158. The molecule has 3 atom stereocenters. The molecular formula is C24H30O5. The number of rotatable bonds is 6. The molecular weight excluding hydrogens is 368 g/mol. The zero-order chi connectivity index (χ0) is 21.2. The summed E-state index contributed by atoms with van der Waals surface area (Å²) in [5.74, 6) is 0.472. The van der Waals surface area contributed by atoms with Crippen LogP contribution in [-0.4, -0.2) is 17.7 Å². The molecule has 1 fully saturated rings. The fourth-order valence-corrected chi connectivity index (χ4v) is 4.60. The van der Waals surface area contributed by atoms with E-state index in [-0.39, 0.29) is 23.4 Å². The maximum Gasteiger partial charge on any atom is 0.336 e. The fourth-order valence-electron chi connectivity index (χ4n) is 4.60. The van der Waals surface area contributed by atoms with Crippen molar-refractivity contribution in [2.75, 3.05) is 6.61 Å². The number of benzene rings is 1. The van der Waals surface area contributed by atoms with Crippen molar-refractivity contribution in [2.45, 2.75) is 53.4 Å². The summed E-state index contributed by atoms with van der Waals surface area (Å²) < 4.78 is 11.5. The zero-order valence-corrected chi connectivity index (χ0v) is 17.7. The van der Waals surface area contributed by atoms with Crippen LogP contribution in [-0.2, 0) is 4.79 Å². The van der Waals surface area contributed by atoms with Crippen LogP contribution < -0.4 is 10.4 Å². The average Bonchev–Trinajstić information content (AvgIpc) is 2.66. The van der Waals surface area contributed by atoms with Crippen LogP contribution in [0.5, 0.6) is 5.75 Å². The number of ether oxygens (including phenoxy) is 1. The summed E-state index contributed by atoms with van der Waals surface area (Å²) in [5, 5.41) is 10.1. The number of carboxylic acids is 1. The molecule has 0 bridgehead atoms. The Bertz CT molecular complexity index is 982. The average molecular weight is 398 g/mol. The number of carboxylic acid groups (broad SMARTS) is 1. The zero-order valence-electron chi connectivity index (χ0n) is 17.7. The summed E-state index contributed by atoms with van der Waals surface area (Å²) in [6.07, 6.45) is 2.86. The van der Waals surface area contributed by atoms with Crippen molar-refractivity contribution < 1.29 is 19.1 Å². The maximum atomic E-state index is 11.5. The van der Waals surface area contributed by atoms with Gasteiger partial charge in [-0.3, -0.25) is 4.79 Å². The van der Waals surface area contributed by atoms with Crippen LogP contribution in [0.1, 0.15) is 53.4 Å². The van der Waals surface area contributed by atoms with Gasteiger partial charge in [-0.15, -0.1) is 0 Å². The van der Waals surface area contributed by atoms with Crippen LogP contribution in [0.3, 0.4) is 0 Å². The van der Waals surface area contributed by atoms with E-state index in [1.165, 1.54) is 17.2 Å². The van der Waals surface area contributed by atoms with Gasteiger partial charge in [0.15, 0.2) is 0 Å². The van der Waals surface area contributed by atoms with Gasteiger partial charge in [0.2, 0.25) is 0 Å². The molecule has 1 heterocycles. The Hall–Kier alpha value is -2.56. The van der Waals surface area contributed by atoms with Crippen molar-refractivity contribution in [3.05, 3.63) is 51.9 Å². The molecule has 1 aromatic carbocycles. The Labute approximate surface area is 171 Å². The van der Waals surface area contributed by atoms with E-state index >= 15 is 0 Å². The third-order valence-electron chi connectivity index (χ3n) is 6.62. The monoisotopic (exact) mass is 398 g/mol. The van der Waals surface area contributed by atoms with Crippen LogP contribution in [0.2, 0.25) is 0 Å². The summed E-state index contributed by atoms with van der Waals surface area (Å²) >= 11 is 0. The van der Waals surface area contributed by atoms with E-state index in [2.05, 4.69) is 27.7 Å². The van der Waals surface area contributed by atoms with Gasteiger partial charge in [-0.05, 0) is 63.1 Å². The summed E-state index contributed by atoms with van der Waals surface area (Å²) in [6, 6.07) is 8.65. The molecule has 0 spiro atoms. The number of hydrogen-bond acceptors (Lipinski definition) is 4. The first kappa shape index (κ1) is 21.2. The predicted octanol–water partition coefficient (Wildman–Crippen LogP) is 5.43. The molecule has 5 nitrogen and oxygen atoms in total. The molecule has 0 unspecified atom stereocenters. The minimum atomic E-state index is -0.760. The number of carbonyl (C=O) groups is 1. The highest BCUT2D eigenvalue weighted by molar-refractivity contribution is 5.77. The molecule has 1 aromatic heterocycles. The molecule has 1 aliphatic rings. The molecule has 0 radical (unpaired) electrons. The Balaban J connectivity index is 1.87. The first-order valence-corrected chi connectivity index (χ1v) is 10.3. The molecule has 1 N–H and O–H groups in total. The Morgan fingerprint density at radius 3 is 2.69 bits per heavy atom. The molecule has 156 valence electrons. The van der Waals surface area contributed by atoms with Gasteiger partial charge in [0.1, 0.15) is 11.3 Å². The van der Waals surface area contributed by atoms with Crippen molar-refractivity contribution >= 4 is 16.9 Å². The lowest BCUT2D eigenvalue weighted by Gasteiger charge is -2.48. The second-order valence-electron chi connectivity index (χ2n) is 8.70. The second kappa shape index (κ2) is 8.44. The van der Waals surface area contributed by atoms with E-state index in [0.29, 0.717) is 30.3 Å². The number of fused-ring (bicyclic) bond motifs is 1. The van der Waals surface area contributed by atoms with Crippen LogP contribution >= 0.6 is 0 Å². The van der Waals surface area contributed by atoms with Crippen molar-refractivity contribution in [3.8, 4) is 5.75 Å². The van der Waals surface area contributed by atoms with E-state index in [1.807, 2.05) is 12.1 Å². The van der Waals surface area contributed by atoms with Crippen molar-refractivity contribution in [3.63, 3.8) is 0 Å². The van der Waals surface area contributed by atoms with Gasteiger partial charge in [-0.2, -0.15) is 0 Å². The second-order valence-corrected chi connectivity index (χ2v) is 8.70. The standard InChI is InChI=1S/C24H30O5/c1-15(2)19-9-5-16(3)24(4,20(19)10-11-22(25)26)14-28-18-8-6-17-7-12-23(27)29-21(17)13-18/h6-8,12-13,16,20H,5,9-11,14H2,1-4H3,(H,25,26)/t16-,20+,24-/m0/s1. The third kappa shape index (κ3) is 4.55. The van der Waals surface area contributed by atoms with E-state index in [4.69, 9.17) is 9.15 Å². The molecule has 0 aliphatic heterocycles. The van der Waals surface area contributed by atoms with Crippen LogP contribution in [0, 0.1) is 17.3 Å². The van der Waals surface area contributed by atoms with Gasteiger partial charge in [0, 0.05) is 29.4 Å². The van der Waals surface area contributed by atoms with E-state index in [9.17, 15) is 14.7 Å².